The van der Waals surface area contributed by atoms with Gasteiger partial charge in [-0.3, -0.25) is 9.98 Å². The minimum Gasteiger partial charge on any atom is -0.378 e. The Labute approximate surface area is 182 Å². The molecule has 0 heterocycles. The predicted octanol–water partition coefficient (Wildman–Crippen LogP) is 5.47. The first-order valence-corrected chi connectivity index (χ1v) is 10.4. The second kappa shape index (κ2) is 13.2. The summed E-state index contributed by atoms with van der Waals surface area (Å²) in [6.45, 7) is 1.68. The number of allylic oxidation sites excluding steroid dienone is 2. The van der Waals surface area contributed by atoms with Crippen molar-refractivity contribution in [2.75, 3.05) is 51.1 Å². The summed E-state index contributed by atoms with van der Waals surface area (Å²) in [5.74, 6) is 0. The smallest absolute Gasteiger partial charge is 0.0389 e. The van der Waals surface area contributed by atoms with Crippen LogP contribution in [0.15, 0.2) is 70.7 Å². The number of hydrogen-bond donors (Lipinski definition) is 0. The average Bonchev–Trinajstić information content (AvgIpc) is 2.75. The standard InChI is InChI=1S/C26H34N4/c1-29(2)25-15-11-23(12-16-25)9-7-21-27-19-5-6-20-28-22-8-10-24-13-17-26(18-14-24)30(3)4/h7-18,21-22H,5-6,19-20H2,1-4H3. The lowest BCUT2D eigenvalue weighted by Crippen LogP contribution is -2.07. The Bertz CT molecular complexity index is 768. The van der Waals surface area contributed by atoms with E-state index >= 15 is 0 Å². The van der Waals surface area contributed by atoms with Crippen molar-refractivity contribution >= 4 is 36.0 Å². The quantitative estimate of drug-likeness (QED) is 0.369. The zero-order valence-electron chi connectivity index (χ0n) is 18.7. The van der Waals surface area contributed by atoms with E-state index in [1.54, 1.807) is 0 Å². The molecule has 0 aliphatic heterocycles. The van der Waals surface area contributed by atoms with E-state index in [9.17, 15) is 0 Å². The number of anilines is 2. The van der Waals surface area contributed by atoms with Gasteiger partial charge in [-0.2, -0.15) is 0 Å². The largest absolute Gasteiger partial charge is 0.378 e. The van der Waals surface area contributed by atoms with E-state index in [0.29, 0.717) is 0 Å². The molecule has 0 unspecified atom stereocenters. The third kappa shape index (κ3) is 8.91. The van der Waals surface area contributed by atoms with Crippen molar-refractivity contribution in [2.24, 2.45) is 9.98 Å². The number of hydrogen-bond acceptors (Lipinski definition) is 4. The van der Waals surface area contributed by atoms with Crippen LogP contribution in [0.4, 0.5) is 11.4 Å². The van der Waals surface area contributed by atoms with E-state index in [1.807, 2.05) is 52.8 Å². The Morgan fingerprint density at radius 2 is 0.967 bits per heavy atom. The maximum absolute atomic E-state index is 4.44. The third-order valence-electron chi connectivity index (χ3n) is 4.60. The Hall–Kier alpha value is -3.14. The number of rotatable bonds is 11. The molecule has 0 saturated heterocycles. The first-order valence-electron chi connectivity index (χ1n) is 10.4. The average molecular weight is 403 g/mol. The van der Waals surface area contributed by atoms with Gasteiger partial charge in [-0.25, -0.2) is 0 Å². The van der Waals surface area contributed by atoms with Crippen LogP contribution in [-0.4, -0.2) is 53.7 Å². The summed E-state index contributed by atoms with van der Waals surface area (Å²) in [5, 5.41) is 0. The summed E-state index contributed by atoms with van der Waals surface area (Å²) >= 11 is 0. The van der Waals surface area contributed by atoms with Crippen LogP contribution in [0.1, 0.15) is 24.0 Å². The van der Waals surface area contributed by atoms with Gasteiger partial charge >= 0.3 is 0 Å². The highest BCUT2D eigenvalue weighted by molar-refractivity contribution is 5.79. The van der Waals surface area contributed by atoms with Gasteiger partial charge in [0, 0.05) is 65.1 Å². The molecule has 30 heavy (non-hydrogen) atoms. The molecule has 2 aromatic carbocycles. The fourth-order valence-electron chi connectivity index (χ4n) is 2.75. The zero-order valence-corrected chi connectivity index (χ0v) is 18.7. The monoisotopic (exact) mass is 402 g/mol. The molecule has 0 fully saturated rings. The van der Waals surface area contributed by atoms with Crippen LogP contribution in [0.2, 0.25) is 0 Å². The van der Waals surface area contributed by atoms with Crippen LogP contribution in [0.3, 0.4) is 0 Å². The molecule has 2 rings (SSSR count). The van der Waals surface area contributed by atoms with Crippen molar-refractivity contribution < 1.29 is 0 Å². The molecule has 4 heteroatoms. The van der Waals surface area contributed by atoms with Crippen LogP contribution in [0.5, 0.6) is 0 Å². The molecule has 4 nitrogen and oxygen atoms in total. The molecule has 0 aliphatic rings. The zero-order chi connectivity index (χ0) is 21.6. The summed E-state index contributed by atoms with van der Waals surface area (Å²) in [5.41, 5.74) is 4.78. The lowest BCUT2D eigenvalue weighted by Gasteiger charge is -2.11. The first kappa shape index (κ1) is 23.1. The van der Waals surface area contributed by atoms with Gasteiger partial charge in [0.15, 0.2) is 0 Å². The summed E-state index contributed by atoms with van der Waals surface area (Å²) in [7, 11) is 8.19. The van der Waals surface area contributed by atoms with Gasteiger partial charge in [0.05, 0.1) is 0 Å². The van der Waals surface area contributed by atoms with E-state index in [-0.39, 0.29) is 0 Å². The number of nitrogens with zero attached hydrogens (tertiary/aromatic N) is 4. The number of unbranched alkanes of at least 4 members (excludes halogenated alkanes) is 1. The maximum atomic E-state index is 4.44. The van der Waals surface area contributed by atoms with E-state index < -0.39 is 0 Å². The summed E-state index contributed by atoms with van der Waals surface area (Å²) < 4.78 is 0. The SMILES string of the molecule is CN(C)c1ccc(C=CC=NCCCCN=CC=Cc2ccc(N(C)C)cc2)cc1. The molecule has 0 aromatic heterocycles. The highest BCUT2D eigenvalue weighted by Crippen LogP contribution is 2.13. The van der Waals surface area contributed by atoms with Crippen LogP contribution in [0, 0.1) is 0 Å². The molecular formula is C26H34N4. The van der Waals surface area contributed by atoms with Crippen molar-refractivity contribution in [3.05, 3.63) is 71.8 Å². The Kier molecular flexibility index (Phi) is 10.1. The Balaban J connectivity index is 1.57. The van der Waals surface area contributed by atoms with Crippen molar-refractivity contribution in [3.8, 4) is 0 Å². The Morgan fingerprint density at radius 1 is 0.600 bits per heavy atom. The van der Waals surface area contributed by atoms with Gasteiger partial charge in [0.1, 0.15) is 0 Å². The summed E-state index contributed by atoms with van der Waals surface area (Å²) in [4.78, 5) is 13.1. The summed E-state index contributed by atoms with van der Waals surface area (Å²) in [6.07, 6.45) is 14.0. The van der Waals surface area contributed by atoms with E-state index in [1.165, 1.54) is 22.5 Å². The van der Waals surface area contributed by atoms with Gasteiger partial charge in [-0.05, 0) is 60.4 Å². The molecule has 158 valence electrons. The third-order valence-corrected chi connectivity index (χ3v) is 4.60. The molecule has 0 bridgehead atoms. The van der Waals surface area contributed by atoms with Gasteiger partial charge in [0.25, 0.3) is 0 Å². The Morgan fingerprint density at radius 3 is 1.30 bits per heavy atom. The molecule has 0 atom stereocenters. The van der Waals surface area contributed by atoms with Crippen LogP contribution < -0.4 is 9.80 Å². The molecule has 0 saturated carbocycles. The van der Waals surface area contributed by atoms with Gasteiger partial charge in [-0.15, -0.1) is 0 Å². The van der Waals surface area contributed by atoms with Crippen molar-refractivity contribution in [2.45, 2.75) is 12.8 Å². The fraction of sp³-hybridized carbons (Fsp3) is 0.308. The molecule has 0 amide bonds. The normalized spacial score (nSPS) is 12.0. The van der Waals surface area contributed by atoms with E-state index in [2.05, 4.69) is 80.5 Å². The van der Waals surface area contributed by atoms with Crippen LogP contribution in [0.25, 0.3) is 12.2 Å². The van der Waals surface area contributed by atoms with Gasteiger partial charge in [-0.1, -0.05) is 36.4 Å². The van der Waals surface area contributed by atoms with E-state index in [4.69, 9.17) is 0 Å². The molecule has 0 radical (unpaired) electrons. The van der Waals surface area contributed by atoms with Crippen LogP contribution in [-0.2, 0) is 0 Å². The highest BCUT2D eigenvalue weighted by atomic mass is 15.1. The molecule has 0 spiro atoms. The lowest BCUT2D eigenvalue weighted by molar-refractivity contribution is 0.760. The molecular weight excluding hydrogens is 368 g/mol. The lowest BCUT2D eigenvalue weighted by atomic mass is 10.2. The minimum absolute atomic E-state index is 0.841. The van der Waals surface area contributed by atoms with Crippen LogP contribution >= 0.6 is 0 Å². The molecule has 0 N–H and O–H groups in total. The maximum Gasteiger partial charge on any atom is 0.0389 e. The van der Waals surface area contributed by atoms with Crippen molar-refractivity contribution in [1.82, 2.24) is 0 Å². The van der Waals surface area contributed by atoms with Crippen molar-refractivity contribution in [3.63, 3.8) is 0 Å². The predicted molar refractivity (Wildman–Crippen MR) is 136 cm³/mol. The number of aliphatic imine (C=N–C) groups is 2. The van der Waals surface area contributed by atoms with Crippen molar-refractivity contribution in [1.29, 1.82) is 0 Å². The fourth-order valence-corrected chi connectivity index (χ4v) is 2.75. The second-order valence-electron chi connectivity index (χ2n) is 7.51. The van der Waals surface area contributed by atoms with Gasteiger partial charge in [0.2, 0.25) is 0 Å². The minimum atomic E-state index is 0.841. The second-order valence-corrected chi connectivity index (χ2v) is 7.51. The summed E-state index contributed by atoms with van der Waals surface area (Å²) in [6, 6.07) is 16.9. The highest BCUT2D eigenvalue weighted by Gasteiger charge is 1.93. The van der Waals surface area contributed by atoms with Gasteiger partial charge < -0.3 is 9.80 Å². The topological polar surface area (TPSA) is 31.2 Å². The number of benzene rings is 2. The first-order chi connectivity index (χ1) is 14.6. The molecule has 0 aliphatic carbocycles. The molecule has 2 aromatic rings. The van der Waals surface area contributed by atoms with E-state index in [0.717, 1.165) is 25.9 Å².